The Hall–Kier alpha value is -3.52. The maximum Gasteiger partial charge on any atom is 0.338 e. The van der Waals surface area contributed by atoms with Crippen LogP contribution in [0.4, 0.5) is 5.69 Å². The number of nitrogens with zero attached hydrogens (tertiary/aromatic N) is 3. The first-order chi connectivity index (χ1) is 16.0. The Labute approximate surface area is 192 Å². The predicted molar refractivity (Wildman–Crippen MR) is 124 cm³/mol. The van der Waals surface area contributed by atoms with Crippen LogP contribution in [0.15, 0.2) is 53.1 Å². The molecule has 2 aromatic carbocycles. The molecule has 1 aromatic heterocycles. The normalized spacial score (nSPS) is 16.4. The van der Waals surface area contributed by atoms with Crippen molar-refractivity contribution in [1.29, 1.82) is 0 Å². The molecule has 8 heteroatoms. The van der Waals surface area contributed by atoms with Crippen molar-refractivity contribution in [2.45, 2.75) is 33.2 Å². The highest BCUT2D eigenvalue weighted by Gasteiger charge is 2.27. The molecule has 0 bridgehead atoms. The van der Waals surface area contributed by atoms with Gasteiger partial charge in [-0.3, -0.25) is 9.69 Å². The third-order valence-electron chi connectivity index (χ3n) is 5.73. The van der Waals surface area contributed by atoms with Gasteiger partial charge in [0, 0.05) is 17.8 Å². The predicted octanol–water partition coefficient (Wildman–Crippen LogP) is 4.07. The lowest BCUT2D eigenvalue weighted by atomic mass is 9.97. The molecule has 1 atom stereocenters. The average molecular weight is 449 g/mol. The number of nitrogens with one attached hydrogen (secondary N) is 1. The van der Waals surface area contributed by atoms with E-state index < -0.39 is 5.97 Å². The summed E-state index contributed by atoms with van der Waals surface area (Å²) < 4.78 is 10.5. The zero-order valence-corrected chi connectivity index (χ0v) is 18.9. The quantitative estimate of drug-likeness (QED) is 0.544. The molecule has 1 fully saturated rings. The highest BCUT2D eigenvalue weighted by Crippen LogP contribution is 2.23. The fraction of sp³-hybridized carbons (Fsp3) is 0.360. The average Bonchev–Trinajstić information content (AvgIpc) is 3.28. The molecular weight excluding hydrogens is 420 g/mol. The third-order valence-corrected chi connectivity index (χ3v) is 5.73. The van der Waals surface area contributed by atoms with Crippen LogP contribution in [-0.2, 0) is 16.1 Å². The molecule has 2 heterocycles. The van der Waals surface area contributed by atoms with Crippen LogP contribution in [0, 0.1) is 12.8 Å². The second-order valence-electron chi connectivity index (χ2n) is 8.19. The Morgan fingerprint density at radius 1 is 1.21 bits per heavy atom. The standard InChI is InChI=1S/C25H28N4O4/c1-3-32-25(31)18-9-6-11-20(14-18)26-24(30)19-10-7-13-29(15-19)16-22-27-23(28-33-22)21-12-5-4-8-17(21)2/h4-6,8-9,11-12,14,19H,3,7,10,13,15-16H2,1-2H3,(H,26,30). The largest absolute Gasteiger partial charge is 0.462 e. The molecule has 4 rings (SSSR count). The molecule has 33 heavy (non-hydrogen) atoms. The van der Waals surface area contributed by atoms with E-state index in [0.29, 0.717) is 42.7 Å². The number of hydrogen-bond donors (Lipinski definition) is 1. The van der Waals surface area contributed by atoms with Crippen molar-refractivity contribution in [2.24, 2.45) is 5.92 Å². The molecule has 1 unspecified atom stereocenters. The number of benzene rings is 2. The molecule has 0 radical (unpaired) electrons. The van der Waals surface area contributed by atoms with Crippen LogP contribution in [0.3, 0.4) is 0 Å². The topological polar surface area (TPSA) is 97.6 Å². The van der Waals surface area contributed by atoms with E-state index in [1.165, 1.54) is 0 Å². The summed E-state index contributed by atoms with van der Waals surface area (Å²) in [6, 6.07) is 14.7. The molecule has 1 amide bonds. The minimum absolute atomic E-state index is 0.0631. The number of piperidine rings is 1. The van der Waals surface area contributed by atoms with Gasteiger partial charge in [-0.2, -0.15) is 4.98 Å². The molecule has 1 aliphatic rings. The van der Waals surface area contributed by atoms with Gasteiger partial charge in [-0.15, -0.1) is 0 Å². The third kappa shape index (κ3) is 5.64. The maximum atomic E-state index is 12.9. The summed E-state index contributed by atoms with van der Waals surface area (Å²) in [7, 11) is 0. The Morgan fingerprint density at radius 3 is 2.88 bits per heavy atom. The highest BCUT2D eigenvalue weighted by molar-refractivity contribution is 5.95. The van der Waals surface area contributed by atoms with E-state index in [9.17, 15) is 9.59 Å². The van der Waals surface area contributed by atoms with Crippen LogP contribution in [0.2, 0.25) is 0 Å². The van der Waals surface area contributed by atoms with E-state index in [-0.39, 0.29) is 11.8 Å². The highest BCUT2D eigenvalue weighted by atomic mass is 16.5. The number of aryl methyl sites for hydroxylation is 1. The SMILES string of the molecule is CCOC(=O)c1cccc(NC(=O)C2CCCN(Cc3nc(-c4ccccc4C)no3)C2)c1. The second kappa shape index (κ2) is 10.4. The number of hydrogen-bond acceptors (Lipinski definition) is 7. The number of esters is 1. The van der Waals surface area contributed by atoms with Crippen molar-refractivity contribution in [1.82, 2.24) is 15.0 Å². The van der Waals surface area contributed by atoms with Gasteiger partial charge in [0.1, 0.15) is 0 Å². The molecule has 0 aliphatic carbocycles. The minimum atomic E-state index is -0.401. The fourth-order valence-electron chi connectivity index (χ4n) is 4.04. The number of carbonyl (C=O) groups is 2. The van der Waals surface area contributed by atoms with E-state index in [4.69, 9.17) is 9.26 Å². The summed E-state index contributed by atoms with van der Waals surface area (Å²) in [4.78, 5) is 31.6. The summed E-state index contributed by atoms with van der Waals surface area (Å²) in [6.45, 7) is 6.05. The lowest BCUT2D eigenvalue weighted by molar-refractivity contribution is -0.121. The van der Waals surface area contributed by atoms with Crippen molar-refractivity contribution in [2.75, 3.05) is 25.0 Å². The van der Waals surface area contributed by atoms with Gasteiger partial charge in [-0.1, -0.05) is 35.5 Å². The monoisotopic (exact) mass is 448 g/mol. The summed E-state index contributed by atoms with van der Waals surface area (Å²) >= 11 is 0. The Morgan fingerprint density at radius 2 is 2.06 bits per heavy atom. The number of ether oxygens (including phenoxy) is 1. The molecule has 1 aliphatic heterocycles. The second-order valence-corrected chi connectivity index (χ2v) is 8.19. The van der Waals surface area contributed by atoms with E-state index in [0.717, 1.165) is 30.5 Å². The number of anilines is 1. The molecule has 1 N–H and O–H groups in total. The molecule has 8 nitrogen and oxygen atoms in total. The van der Waals surface area contributed by atoms with E-state index in [1.54, 1.807) is 31.2 Å². The lowest BCUT2D eigenvalue weighted by Gasteiger charge is -2.30. The number of amides is 1. The van der Waals surface area contributed by atoms with Crippen LogP contribution >= 0.6 is 0 Å². The molecule has 3 aromatic rings. The summed E-state index contributed by atoms with van der Waals surface area (Å²) in [5.74, 6) is 0.491. The van der Waals surface area contributed by atoms with Gasteiger partial charge in [-0.05, 0) is 57.0 Å². The number of likely N-dealkylation sites (tertiary alicyclic amines) is 1. The Bertz CT molecular complexity index is 1130. The van der Waals surface area contributed by atoms with E-state index >= 15 is 0 Å². The van der Waals surface area contributed by atoms with Crippen LogP contribution in [0.5, 0.6) is 0 Å². The Balaban J connectivity index is 1.36. The van der Waals surface area contributed by atoms with Crippen LogP contribution in [0.1, 0.15) is 41.6 Å². The number of rotatable bonds is 7. The molecular formula is C25H28N4O4. The first-order valence-corrected chi connectivity index (χ1v) is 11.2. The van der Waals surface area contributed by atoms with Crippen molar-refractivity contribution >= 4 is 17.6 Å². The first kappa shape index (κ1) is 22.7. The van der Waals surface area contributed by atoms with Crippen LogP contribution in [0.25, 0.3) is 11.4 Å². The number of carbonyl (C=O) groups excluding carboxylic acids is 2. The summed E-state index contributed by atoms with van der Waals surface area (Å²) in [6.07, 6.45) is 1.71. The van der Waals surface area contributed by atoms with Crippen LogP contribution in [-0.4, -0.2) is 46.6 Å². The van der Waals surface area contributed by atoms with E-state index in [2.05, 4.69) is 20.4 Å². The van der Waals surface area contributed by atoms with Crippen LogP contribution < -0.4 is 5.32 Å². The maximum absolute atomic E-state index is 12.9. The van der Waals surface area contributed by atoms with Gasteiger partial charge < -0.3 is 14.6 Å². The van der Waals surface area contributed by atoms with Gasteiger partial charge >= 0.3 is 5.97 Å². The smallest absolute Gasteiger partial charge is 0.338 e. The summed E-state index contributed by atoms with van der Waals surface area (Å²) in [5, 5.41) is 7.07. The molecule has 1 saturated heterocycles. The summed E-state index contributed by atoms with van der Waals surface area (Å²) in [5.41, 5.74) is 3.04. The fourth-order valence-corrected chi connectivity index (χ4v) is 4.04. The minimum Gasteiger partial charge on any atom is -0.462 e. The lowest BCUT2D eigenvalue weighted by Crippen LogP contribution is -2.40. The number of aromatic nitrogens is 2. The van der Waals surface area contributed by atoms with Gasteiger partial charge in [0.05, 0.1) is 24.6 Å². The van der Waals surface area contributed by atoms with Gasteiger partial charge in [0.2, 0.25) is 17.6 Å². The Kier molecular flexibility index (Phi) is 7.14. The zero-order valence-electron chi connectivity index (χ0n) is 18.9. The van der Waals surface area contributed by atoms with Crippen molar-refractivity contribution < 1.29 is 18.8 Å². The van der Waals surface area contributed by atoms with Crippen molar-refractivity contribution in [3.05, 3.63) is 65.5 Å². The van der Waals surface area contributed by atoms with Crippen molar-refractivity contribution in [3.8, 4) is 11.4 Å². The zero-order chi connectivity index (χ0) is 23.2. The first-order valence-electron chi connectivity index (χ1n) is 11.2. The molecule has 0 spiro atoms. The van der Waals surface area contributed by atoms with Gasteiger partial charge in [-0.25, -0.2) is 4.79 Å². The molecule has 0 saturated carbocycles. The van der Waals surface area contributed by atoms with Gasteiger partial charge in [0.25, 0.3) is 0 Å². The van der Waals surface area contributed by atoms with Gasteiger partial charge in [0.15, 0.2) is 0 Å². The van der Waals surface area contributed by atoms with E-state index in [1.807, 2.05) is 31.2 Å². The van der Waals surface area contributed by atoms with Crippen molar-refractivity contribution in [3.63, 3.8) is 0 Å². The molecule has 172 valence electrons.